The molecule has 1 aliphatic rings. The van der Waals surface area contributed by atoms with Crippen molar-refractivity contribution in [1.82, 2.24) is 0 Å². The summed E-state index contributed by atoms with van der Waals surface area (Å²) >= 11 is 0. The molecule has 0 bridgehead atoms. The van der Waals surface area contributed by atoms with Crippen LogP contribution in [0.2, 0.25) is 0 Å². The van der Waals surface area contributed by atoms with Crippen LogP contribution in [0.25, 0.3) is 87.7 Å². The van der Waals surface area contributed by atoms with E-state index in [9.17, 15) is 0 Å². The van der Waals surface area contributed by atoms with Crippen LogP contribution in [-0.2, 0) is 0 Å². The van der Waals surface area contributed by atoms with E-state index in [0.29, 0.717) is 11.8 Å². The molecule has 2 heterocycles. The summed E-state index contributed by atoms with van der Waals surface area (Å²) in [6.45, 7) is 17.9. The highest BCUT2D eigenvalue weighted by atomic mass is 16.3. The molecule has 0 unspecified atom stereocenters. The van der Waals surface area contributed by atoms with Crippen molar-refractivity contribution in [3.05, 3.63) is 203 Å². The van der Waals surface area contributed by atoms with Gasteiger partial charge in [-0.2, -0.15) is 0 Å². The molecule has 12 aromatic rings. The largest absolute Gasteiger partial charge is 0.454 e. The Bertz CT molecular complexity index is 3880. The summed E-state index contributed by atoms with van der Waals surface area (Å²) in [4.78, 5) is 4.89. The van der Waals surface area contributed by atoms with E-state index in [1.165, 1.54) is 66.1 Å². The maximum absolute atomic E-state index is 6.79. The maximum Gasteiger partial charge on any atom is 0.159 e. The number of fused-ring (bicyclic) bond motifs is 12. The Labute approximate surface area is 409 Å². The Morgan fingerprint density at radius 3 is 1.14 bits per heavy atom. The van der Waals surface area contributed by atoms with Crippen LogP contribution in [0.3, 0.4) is 0 Å². The Morgan fingerprint density at radius 2 is 0.729 bits per heavy atom. The van der Waals surface area contributed by atoms with Crippen molar-refractivity contribution in [2.24, 2.45) is 0 Å². The summed E-state index contributed by atoms with van der Waals surface area (Å²) in [5.41, 5.74) is 22.8. The molecule has 0 saturated carbocycles. The number of rotatable bonds is 8. The predicted molar refractivity (Wildman–Crippen MR) is 297 cm³/mol. The first kappa shape index (κ1) is 42.1. The van der Waals surface area contributed by atoms with Gasteiger partial charge in [-0.05, 0) is 190 Å². The van der Waals surface area contributed by atoms with E-state index >= 15 is 0 Å². The molecule has 0 atom stereocenters. The fourth-order valence-corrected chi connectivity index (χ4v) is 11.2. The van der Waals surface area contributed by atoms with Crippen LogP contribution >= 0.6 is 0 Å². The summed E-state index contributed by atoms with van der Waals surface area (Å²) in [5.74, 6) is 0.760. The first-order valence-electron chi connectivity index (χ1n) is 24.8. The number of nitrogens with zero attached hydrogens (tertiary/aromatic N) is 2. The smallest absolute Gasteiger partial charge is 0.159 e. The van der Waals surface area contributed by atoms with Gasteiger partial charge in [-0.15, -0.1) is 0 Å². The van der Waals surface area contributed by atoms with Crippen LogP contribution in [0.4, 0.5) is 34.1 Å². The van der Waals surface area contributed by atoms with Gasteiger partial charge < -0.3 is 18.6 Å². The molecule has 0 N–H and O–H groups in total. The average molecular weight is 907 g/mol. The Kier molecular flexibility index (Phi) is 9.45. The molecular weight excluding hydrogens is 853 g/mol. The Hall–Kier alpha value is -8.08. The summed E-state index contributed by atoms with van der Waals surface area (Å²) < 4.78 is 13.6. The number of aryl methyl sites for hydroxylation is 4. The van der Waals surface area contributed by atoms with Gasteiger partial charge in [0, 0.05) is 44.3 Å². The van der Waals surface area contributed by atoms with E-state index in [-0.39, 0.29) is 0 Å². The van der Waals surface area contributed by atoms with E-state index in [1.807, 2.05) is 0 Å². The lowest BCUT2D eigenvalue weighted by atomic mass is 9.78. The zero-order chi connectivity index (χ0) is 47.7. The standard InChI is InChI=1S/C66H54N2O2/c1-37(2)43-21-17-39(5)59(35-43)67(63-41(7)19-27-53-51-13-9-11-15-61(51)69-65(53)63)49-25-23-45-31-55-56-32-46-24-26-50(30-48(46)34-58(56)57(55)33-47(45)29-49)68(60-36-44(38(3)4)22-18-40(60)6)64-42(8)20-28-54-52-14-10-12-16-62(52)70-66(54)64/h9-38H,1-8H3. The molecule has 10 aromatic carbocycles. The average Bonchev–Trinajstić information content (AvgIpc) is 3.94. The fourth-order valence-electron chi connectivity index (χ4n) is 11.2. The molecule has 1 aliphatic carbocycles. The van der Waals surface area contributed by atoms with Crippen molar-refractivity contribution in [2.45, 2.75) is 67.2 Å². The number of hydrogen-bond acceptors (Lipinski definition) is 4. The second-order valence-corrected chi connectivity index (χ2v) is 20.3. The molecule has 0 saturated heterocycles. The summed E-state index contributed by atoms with van der Waals surface area (Å²) in [5, 5.41) is 9.35. The van der Waals surface area contributed by atoms with Gasteiger partial charge in [-0.3, -0.25) is 0 Å². The molecule has 2 aromatic heterocycles. The number of furan rings is 2. The van der Waals surface area contributed by atoms with Gasteiger partial charge in [0.2, 0.25) is 0 Å². The fraction of sp³-hybridized carbons (Fsp3) is 0.152. The van der Waals surface area contributed by atoms with Crippen molar-refractivity contribution in [1.29, 1.82) is 0 Å². The quantitative estimate of drug-likeness (QED) is 0.152. The molecular formula is C66H54N2O2. The van der Waals surface area contributed by atoms with Crippen molar-refractivity contribution < 1.29 is 8.83 Å². The predicted octanol–water partition coefficient (Wildman–Crippen LogP) is 19.9. The topological polar surface area (TPSA) is 32.8 Å². The zero-order valence-corrected chi connectivity index (χ0v) is 41.0. The SMILES string of the molecule is Cc1ccc(C(C)C)cc1N(c1ccc2cc3c(cc2c1)-c1cc2cc(N(c4cc(C(C)C)ccc4C)c4c(C)ccc5c4oc4ccccc45)ccc2cc1-3)c1c(C)ccc2c1oc1ccccc12. The molecule has 0 aliphatic heterocycles. The first-order valence-corrected chi connectivity index (χ1v) is 24.8. The van der Waals surface area contributed by atoms with Gasteiger partial charge in [0.05, 0.1) is 11.4 Å². The van der Waals surface area contributed by atoms with Crippen LogP contribution in [0.5, 0.6) is 0 Å². The van der Waals surface area contributed by atoms with E-state index in [2.05, 4.69) is 235 Å². The molecule has 70 heavy (non-hydrogen) atoms. The third-order valence-corrected chi connectivity index (χ3v) is 15.2. The molecule has 340 valence electrons. The lowest BCUT2D eigenvalue weighted by Crippen LogP contribution is -2.14. The summed E-state index contributed by atoms with van der Waals surface area (Å²) in [6, 6.07) is 63.0. The van der Waals surface area contributed by atoms with Gasteiger partial charge >= 0.3 is 0 Å². The van der Waals surface area contributed by atoms with Crippen LogP contribution < -0.4 is 9.80 Å². The minimum atomic E-state index is 0.380. The lowest BCUT2D eigenvalue weighted by molar-refractivity contribution is 0.668. The number of anilines is 6. The molecule has 0 radical (unpaired) electrons. The first-order chi connectivity index (χ1) is 34.0. The van der Waals surface area contributed by atoms with E-state index in [0.717, 1.165) is 89.1 Å². The van der Waals surface area contributed by atoms with Crippen LogP contribution in [-0.4, -0.2) is 0 Å². The second kappa shape index (κ2) is 15.7. The molecule has 13 rings (SSSR count). The monoisotopic (exact) mass is 906 g/mol. The Morgan fingerprint density at radius 1 is 0.343 bits per heavy atom. The molecule has 0 amide bonds. The van der Waals surface area contributed by atoms with E-state index < -0.39 is 0 Å². The van der Waals surface area contributed by atoms with Crippen LogP contribution in [0.15, 0.2) is 179 Å². The van der Waals surface area contributed by atoms with Gasteiger partial charge in [-0.1, -0.05) is 125 Å². The van der Waals surface area contributed by atoms with Gasteiger partial charge in [0.15, 0.2) is 11.2 Å². The third-order valence-electron chi connectivity index (χ3n) is 15.2. The van der Waals surface area contributed by atoms with Crippen molar-refractivity contribution in [3.63, 3.8) is 0 Å². The summed E-state index contributed by atoms with van der Waals surface area (Å²) in [6.07, 6.45) is 0. The van der Waals surface area contributed by atoms with Crippen molar-refractivity contribution in [3.8, 4) is 22.3 Å². The van der Waals surface area contributed by atoms with E-state index in [4.69, 9.17) is 8.83 Å². The molecule has 4 heteroatoms. The maximum atomic E-state index is 6.79. The molecule has 4 nitrogen and oxygen atoms in total. The number of hydrogen-bond donors (Lipinski definition) is 0. The summed E-state index contributed by atoms with van der Waals surface area (Å²) in [7, 11) is 0. The van der Waals surface area contributed by atoms with Crippen molar-refractivity contribution in [2.75, 3.05) is 9.80 Å². The van der Waals surface area contributed by atoms with Crippen molar-refractivity contribution >= 4 is 99.5 Å². The normalized spacial score (nSPS) is 12.3. The second-order valence-electron chi connectivity index (χ2n) is 20.3. The van der Waals surface area contributed by atoms with Gasteiger partial charge in [-0.25, -0.2) is 0 Å². The minimum absolute atomic E-state index is 0.380. The Balaban J connectivity index is 0.964. The molecule has 0 spiro atoms. The lowest BCUT2D eigenvalue weighted by Gasteiger charge is -2.31. The third kappa shape index (κ3) is 6.43. The van der Waals surface area contributed by atoms with Crippen LogP contribution in [0, 0.1) is 27.7 Å². The highest BCUT2D eigenvalue weighted by Crippen LogP contribution is 2.53. The molecule has 0 fully saturated rings. The van der Waals surface area contributed by atoms with Gasteiger partial charge in [0.1, 0.15) is 11.2 Å². The highest BCUT2D eigenvalue weighted by molar-refractivity contribution is 6.15. The minimum Gasteiger partial charge on any atom is -0.454 e. The number of para-hydroxylation sites is 2. The number of benzene rings is 10. The van der Waals surface area contributed by atoms with Gasteiger partial charge in [0.25, 0.3) is 0 Å². The zero-order valence-electron chi connectivity index (χ0n) is 41.0. The highest BCUT2D eigenvalue weighted by Gasteiger charge is 2.28. The van der Waals surface area contributed by atoms with E-state index in [1.54, 1.807) is 0 Å². The van der Waals surface area contributed by atoms with Crippen LogP contribution in [0.1, 0.15) is 72.9 Å².